The molecule has 2 atom stereocenters. The molecule has 55 heavy (non-hydrogen) atoms. The molecular formula is C41H37N5O9. The number of benzene rings is 4. The summed E-state index contributed by atoms with van der Waals surface area (Å²) >= 11 is 0. The largest absolute Gasteiger partial charge is 0.480 e. The number of ether oxygens (including phenoxy) is 3. The molecule has 1 fully saturated rings. The van der Waals surface area contributed by atoms with Crippen LogP contribution >= 0.6 is 0 Å². The first kappa shape index (κ1) is 36.6. The molecule has 2 heterocycles. The minimum atomic E-state index is -1.30. The van der Waals surface area contributed by atoms with Crippen LogP contribution in [0.1, 0.15) is 34.3 Å². The Kier molecular flexibility index (Phi) is 10.9. The summed E-state index contributed by atoms with van der Waals surface area (Å²) in [6, 6.07) is 33.8. The molecule has 0 saturated carbocycles. The van der Waals surface area contributed by atoms with E-state index in [1.807, 2.05) is 109 Å². The molecule has 1 aliphatic heterocycles. The number of hydrogen-bond donors (Lipinski definition) is 3. The minimum absolute atomic E-state index is 0.00559. The zero-order valence-corrected chi connectivity index (χ0v) is 29.4. The third kappa shape index (κ3) is 8.39. The molecule has 5 aromatic rings. The Labute approximate surface area is 315 Å². The van der Waals surface area contributed by atoms with Crippen LogP contribution in [-0.2, 0) is 30.3 Å². The molecule has 0 spiro atoms. The van der Waals surface area contributed by atoms with Gasteiger partial charge in [-0.15, -0.1) is 0 Å². The van der Waals surface area contributed by atoms with Gasteiger partial charge in [-0.1, -0.05) is 109 Å². The first-order chi connectivity index (χ1) is 26.7. The van der Waals surface area contributed by atoms with Crippen LogP contribution in [0.15, 0.2) is 126 Å². The third-order valence-electron chi connectivity index (χ3n) is 9.56. The topological polar surface area (TPSA) is 178 Å². The summed E-state index contributed by atoms with van der Waals surface area (Å²) in [5.41, 5.74) is 4.85. The Hall–Kier alpha value is -6.80. The number of rotatable bonds is 12. The predicted molar refractivity (Wildman–Crippen MR) is 199 cm³/mol. The second kappa shape index (κ2) is 16.5. The van der Waals surface area contributed by atoms with Crippen LogP contribution in [0.25, 0.3) is 11.1 Å². The molecule has 0 unspecified atom stereocenters. The Bertz CT molecular complexity index is 2160. The zero-order valence-electron chi connectivity index (χ0n) is 29.4. The highest BCUT2D eigenvalue weighted by atomic mass is 16.6. The lowest BCUT2D eigenvalue weighted by molar-refractivity contribution is -0.146. The standard InChI is InChI=1S/C41H37N5O9/c47-36(21-45-20-19-35(43-39(45)50)44-41(52)55-38(26-11-3-1-4-12-26)27-13-5-2-6-14-27)46(22-37(48)49)34-25-53-24-33(34)42-40(51)54-23-32-30-17-9-7-15-28(30)29-16-8-10-18-31(29)32/h1-20,32-34,38H,21-25H2,(H,42,51)(H,48,49)(H,43,44,50,52)/t33-,34-/m1/s1. The number of alkyl carbamates (subject to hydrolysis) is 1. The van der Waals surface area contributed by atoms with Crippen molar-refractivity contribution in [2.75, 3.05) is 31.7 Å². The fourth-order valence-electron chi connectivity index (χ4n) is 7.00. The molecule has 1 saturated heterocycles. The highest BCUT2D eigenvalue weighted by Crippen LogP contribution is 2.44. The highest BCUT2D eigenvalue weighted by molar-refractivity contribution is 5.84. The van der Waals surface area contributed by atoms with E-state index in [-0.39, 0.29) is 31.6 Å². The van der Waals surface area contributed by atoms with Crippen LogP contribution in [-0.4, -0.2) is 82.1 Å². The van der Waals surface area contributed by atoms with E-state index in [4.69, 9.17) is 14.2 Å². The molecule has 2 aliphatic rings. The smallest absolute Gasteiger partial charge is 0.413 e. The van der Waals surface area contributed by atoms with Crippen LogP contribution < -0.4 is 16.3 Å². The molecule has 4 aromatic carbocycles. The summed E-state index contributed by atoms with van der Waals surface area (Å²) in [7, 11) is 0. The number of carbonyl (C=O) groups is 4. The van der Waals surface area contributed by atoms with E-state index in [0.29, 0.717) is 0 Å². The van der Waals surface area contributed by atoms with Crippen molar-refractivity contribution >= 4 is 29.9 Å². The van der Waals surface area contributed by atoms with Crippen molar-refractivity contribution in [3.05, 3.63) is 154 Å². The SMILES string of the molecule is O=C(O)CN(C(=O)Cn1ccc(NC(=O)OC(c2ccccc2)c2ccccc2)nc1=O)[C@@H]1COC[C@H]1NC(=O)OCC1c2ccccc2-c2ccccc21. The normalized spacial score (nSPS) is 15.8. The second-order valence-electron chi connectivity index (χ2n) is 13.1. The molecule has 0 radical (unpaired) electrons. The van der Waals surface area contributed by atoms with Crippen LogP contribution in [0.5, 0.6) is 0 Å². The molecule has 14 nitrogen and oxygen atoms in total. The van der Waals surface area contributed by atoms with E-state index < -0.39 is 61.0 Å². The van der Waals surface area contributed by atoms with Gasteiger partial charge in [0.1, 0.15) is 25.5 Å². The molecule has 7 rings (SSSR count). The van der Waals surface area contributed by atoms with Gasteiger partial charge in [0, 0.05) is 12.1 Å². The van der Waals surface area contributed by atoms with Gasteiger partial charge in [0.15, 0.2) is 6.10 Å². The van der Waals surface area contributed by atoms with Gasteiger partial charge >= 0.3 is 23.8 Å². The second-order valence-corrected chi connectivity index (χ2v) is 13.1. The van der Waals surface area contributed by atoms with E-state index in [2.05, 4.69) is 15.6 Å². The summed E-state index contributed by atoms with van der Waals surface area (Å²) in [5, 5.41) is 14.9. The lowest BCUT2D eigenvalue weighted by Crippen LogP contribution is -2.55. The molecule has 1 aliphatic carbocycles. The quantitative estimate of drug-likeness (QED) is 0.161. The van der Waals surface area contributed by atoms with Crippen molar-refractivity contribution in [2.45, 2.75) is 30.7 Å². The summed E-state index contributed by atoms with van der Waals surface area (Å²) in [6.45, 7) is -1.27. The van der Waals surface area contributed by atoms with Gasteiger partial charge in [0.05, 0.1) is 25.3 Å². The van der Waals surface area contributed by atoms with Gasteiger partial charge in [0.2, 0.25) is 5.91 Å². The fourth-order valence-corrected chi connectivity index (χ4v) is 7.00. The highest BCUT2D eigenvalue weighted by Gasteiger charge is 2.38. The zero-order chi connectivity index (χ0) is 38.3. The monoisotopic (exact) mass is 743 g/mol. The summed E-state index contributed by atoms with van der Waals surface area (Å²) < 4.78 is 18.0. The Morgan fingerprint density at radius 3 is 2.02 bits per heavy atom. The van der Waals surface area contributed by atoms with E-state index in [0.717, 1.165) is 42.8 Å². The maximum Gasteiger partial charge on any atom is 0.413 e. The average molecular weight is 744 g/mol. The van der Waals surface area contributed by atoms with Gasteiger partial charge in [-0.3, -0.25) is 19.5 Å². The van der Waals surface area contributed by atoms with Crippen molar-refractivity contribution in [2.24, 2.45) is 0 Å². The van der Waals surface area contributed by atoms with Crippen LogP contribution in [0.2, 0.25) is 0 Å². The van der Waals surface area contributed by atoms with Gasteiger partial charge in [-0.2, -0.15) is 4.98 Å². The molecule has 0 bridgehead atoms. The van der Waals surface area contributed by atoms with Crippen molar-refractivity contribution in [3.63, 3.8) is 0 Å². The van der Waals surface area contributed by atoms with E-state index in [9.17, 15) is 29.1 Å². The van der Waals surface area contributed by atoms with E-state index in [1.165, 1.54) is 12.3 Å². The van der Waals surface area contributed by atoms with Crippen LogP contribution in [0, 0.1) is 0 Å². The molecule has 3 N–H and O–H groups in total. The van der Waals surface area contributed by atoms with Crippen LogP contribution in [0.3, 0.4) is 0 Å². The maximum atomic E-state index is 13.6. The van der Waals surface area contributed by atoms with Crippen molar-refractivity contribution in [1.29, 1.82) is 0 Å². The predicted octanol–water partition coefficient (Wildman–Crippen LogP) is 4.80. The number of nitrogens with one attached hydrogen (secondary N) is 2. The first-order valence-electron chi connectivity index (χ1n) is 17.6. The number of carboxylic acids is 1. The molecule has 1 aromatic heterocycles. The molecular weight excluding hydrogens is 706 g/mol. The average Bonchev–Trinajstić information content (AvgIpc) is 3.78. The molecule has 280 valence electrons. The van der Waals surface area contributed by atoms with Gasteiger partial charge in [0.25, 0.3) is 0 Å². The fraction of sp³-hybridized carbons (Fsp3) is 0.220. The number of nitrogens with zero attached hydrogens (tertiary/aromatic N) is 3. The molecule has 3 amide bonds. The third-order valence-corrected chi connectivity index (χ3v) is 9.56. The molecule has 14 heteroatoms. The number of amides is 3. The lowest BCUT2D eigenvalue weighted by Gasteiger charge is -2.31. The number of aromatic nitrogens is 2. The summed E-state index contributed by atoms with van der Waals surface area (Å²) in [4.78, 5) is 69.5. The minimum Gasteiger partial charge on any atom is -0.480 e. The van der Waals surface area contributed by atoms with Gasteiger partial charge < -0.3 is 29.5 Å². The van der Waals surface area contributed by atoms with Crippen molar-refractivity contribution in [3.8, 4) is 11.1 Å². The number of fused-ring (bicyclic) bond motifs is 3. The first-order valence-corrected chi connectivity index (χ1v) is 17.6. The van der Waals surface area contributed by atoms with E-state index >= 15 is 0 Å². The Balaban J connectivity index is 0.978. The lowest BCUT2D eigenvalue weighted by atomic mass is 9.98. The van der Waals surface area contributed by atoms with Crippen LogP contribution in [0.4, 0.5) is 15.4 Å². The van der Waals surface area contributed by atoms with Crippen molar-refractivity contribution in [1.82, 2.24) is 19.8 Å². The van der Waals surface area contributed by atoms with Crippen molar-refractivity contribution < 1.29 is 38.5 Å². The van der Waals surface area contributed by atoms with E-state index in [1.54, 1.807) is 0 Å². The number of hydrogen-bond acceptors (Lipinski definition) is 9. The Morgan fingerprint density at radius 2 is 1.42 bits per heavy atom. The number of anilines is 1. The maximum absolute atomic E-state index is 13.6. The number of aliphatic carboxylic acids is 1. The van der Waals surface area contributed by atoms with Gasteiger partial charge in [-0.25, -0.2) is 14.4 Å². The summed E-state index contributed by atoms with van der Waals surface area (Å²) in [6.07, 6.45) is -1.08. The summed E-state index contributed by atoms with van der Waals surface area (Å²) in [5.74, 6) is -2.31. The van der Waals surface area contributed by atoms with Gasteiger partial charge in [-0.05, 0) is 39.4 Å². The number of carboxylic acid groups (broad SMARTS) is 1. The Morgan fingerprint density at radius 1 is 0.818 bits per heavy atom. The number of carbonyl (C=O) groups excluding carboxylic acids is 3.